The first-order valence-electron chi connectivity index (χ1n) is 4.88. The molecule has 0 aromatic rings. The highest BCUT2D eigenvalue weighted by Crippen LogP contribution is 2.12. The topological polar surface area (TPSA) is 44.3 Å². The van der Waals surface area contributed by atoms with Gasteiger partial charge in [-0.15, -0.1) is 0 Å². The number of rotatable bonds is 3. The van der Waals surface area contributed by atoms with Crippen molar-refractivity contribution in [1.82, 2.24) is 10.6 Å². The second-order valence-corrected chi connectivity index (χ2v) is 3.60. The Morgan fingerprint density at radius 1 is 1.50 bits per heavy atom. The molecule has 0 amide bonds. The number of hydrogen-bond acceptors (Lipinski definition) is 3. The fourth-order valence-electron chi connectivity index (χ4n) is 1.69. The SMILES string of the molecule is CCC(O)C(C)C1CNCCN1. The van der Waals surface area contributed by atoms with Crippen molar-refractivity contribution in [3.05, 3.63) is 0 Å². The predicted molar refractivity (Wildman–Crippen MR) is 50.1 cm³/mol. The Morgan fingerprint density at radius 3 is 2.75 bits per heavy atom. The van der Waals surface area contributed by atoms with Crippen LogP contribution in [-0.2, 0) is 0 Å². The number of piperazine rings is 1. The monoisotopic (exact) mass is 172 g/mol. The predicted octanol–water partition coefficient (Wildman–Crippen LogP) is -0.0452. The van der Waals surface area contributed by atoms with Crippen LogP contribution < -0.4 is 10.6 Å². The minimum absolute atomic E-state index is 0.164. The molecule has 1 heterocycles. The molecule has 0 radical (unpaired) electrons. The van der Waals surface area contributed by atoms with Crippen LogP contribution in [0.4, 0.5) is 0 Å². The average Bonchev–Trinajstić information content (AvgIpc) is 2.17. The zero-order valence-electron chi connectivity index (χ0n) is 8.01. The van der Waals surface area contributed by atoms with Crippen LogP contribution in [-0.4, -0.2) is 36.9 Å². The Labute approximate surface area is 74.5 Å². The summed E-state index contributed by atoms with van der Waals surface area (Å²) in [4.78, 5) is 0. The van der Waals surface area contributed by atoms with E-state index in [0.717, 1.165) is 26.1 Å². The highest BCUT2D eigenvalue weighted by atomic mass is 16.3. The van der Waals surface area contributed by atoms with E-state index in [1.54, 1.807) is 0 Å². The molecule has 0 aromatic carbocycles. The molecule has 1 aliphatic rings. The van der Waals surface area contributed by atoms with E-state index in [0.29, 0.717) is 12.0 Å². The molecule has 0 spiro atoms. The van der Waals surface area contributed by atoms with Gasteiger partial charge >= 0.3 is 0 Å². The second-order valence-electron chi connectivity index (χ2n) is 3.60. The Morgan fingerprint density at radius 2 is 2.25 bits per heavy atom. The maximum atomic E-state index is 9.61. The summed E-state index contributed by atoms with van der Waals surface area (Å²) >= 11 is 0. The van der Waals surface area contributed by atoms with Gasteiger partial charge in [-0.25, -0.2) is 0 Å². The maximum absolute atomic E-state index is 9.61. The van der Waals surface area contributed by atoms with Crippen LogP contribution in [0.1, 0.15) is 20.3 Å². The molecule has 3 atom stereocenters. The molecule has 1 rings (SSSR count). The van der Waals surface area contributed by atoms with Gasteiger partial charge in [0.15, 0.2) is 0 Å². The van der Waals surface area contributed by atoms with Gasteiger partial charge in [0.1, 0.15) is 0 Å². The van der Waals surface area contributed by atoms with E-state index < -0.39 is 0 Å². The summed E-state index contributed by atoms with van der Waals surface area (Å²) < 4.78 is 0. The van der Waals surface area contributed by atoms with Crippen molar-refractivity contribution in [3.8, 4) is 0 Å². The first-order chi connectivity index (χ1) is 5.75. The van der Waals surface area contributed by atoms with Crippen LogP contribution in [0, 0.1) is 5.92 Å². The number of nitrogens with one attached hydrogen (secondary N) is 2. The van der Waals surface area contributed by atoms with Crippen LogP contribution in [0.2, 0.25) is 0 Å². The molecule has 0 aliphatic carbocycles. The third-order valence-corrected chi connectivity index (χ3v) is 2.73. The smallest absolute Gasteiger partial charge is 0.0578 e. The summed E-state index contributed by atoms with van der Waals surface area (Å²) in [5.74, 6) is 0.350. The zero-order chi connectivity index (χ0) is 8.97. The van der Waals surface area contributed by atoms with Crippen molar-refractivity contribution >= 4 is 0 Å². The van der Waals surface area contributed by atoms with Gasteiger partial charge in [-0.2, -0.15) is 0 Å². The van der Waals surface area contributed by atoms with Gasteiger partial charge in [0.2, 0.25) is 0 Å². The second kappa shape index (κ2) is 4.80. The number of aliphatic hydroxyl groups excluding tert-OH is 1. The minimum atomic E-state index is -0.164. The molecular formula is C9H20N2O. The fourth-order valence-corrected chi connectivity index (χ4v) is 1.69. The van der Waals surface area contributed by atoms with E-state index >= 15 is 0 Å². The molecule has 3 unspecified atom stereocenters. The Kier molecular flexibility index (Phi) is 3.98. The van der Waals surface area contributed by atoms with Crippen molar-refractivity contribution in [2.75, 3.05) is 19.6 Å². The third kappa shape index (κ3) is 2.44. The summed E-state index contributed by atoms with van der Waals surface area (Å²) in [5.41, 5.74) is 0. The van der Waals surface area contributed by atoms with E-state index in [-0.39, 0.29) is 6.10 Å². The lowest BCUT2D eigenvalue weighted by molar-refractivity contribution is 0.0863. The van der Waals surface area contributed by atoms with Crippen molar-refractivity contribution in [3.63, 3.8) is 0 Å². The number of aliphatic hydroxyl groups is 1. The summed E-state index contributed by atoms with van der Waals surface area (Å²) in [6.07, 6.45) is 0.682. The van der Waals surface area contributed by atoms with Gasteiger partial charge in [-0.1, -0.05) is 13.8 Å². The van der Waals surface area contributed by atoms with Crippen LogP contribution in [0.15, 0.2) is 0 Å². The van der Waals surface area contributed by atoms with Gasteiger partial charge in [0.05, 0.1) is 6.10 Å². The van der Waals surface area contributed by atoms with E-state index in [1.165, 1.54) is 0 Å². The third-order valence-electron chi connectivity index (χ3n) is 2.73. The molecule has 3 N–H and O–H groups in total. The van der Waals surface area contributed by atoms with Gasteiger partial charge in [0, 0.05) is 25.7 Å². The molecule has 3 heteroatoms. The molecule has 0 bridgehead atoms. The molecular weight excluding hydrogens is 152 g/mol. The summed E-state index contributed by atoms with van der Waals surface area (Å²) in [7, 11) is 0. The Bertz CT molecular complexity index is 124. The summed E-state index contributed by atoms with van der Waals surface area (Å²) in [6.45, 7) is 7.19. The van der Waals surface area contributed by atoms with Crippen molar-refractivity contribution < 1.29 is 5.11 Å². The van der Waals surface area contributed by atoms with Crippen molar-refractivity contribution in [2.45, 2.75) is 32.4 Å². The molecule has 72 valence electrons. The Balaban J connectivity index is 2.33. The van der Waals surface area contributed by atoms with Crippen molar-refractivity contribution in [2.24, 2.45) is 5.92 Å². The standard InChI is InChI=1S/C9H20N2O/c1-3-9(12)7(2)8-6-10-4-5-11-8/h7-12H,3-6H2,1-2H3. The van der Waals surface area contributed by atoms with Crippen LogP contribution in [0.5, 0.6) is 0 Å². The molecule has 0 aromatic heterocycles. The minimum Gasteiger partial charge on any atom is -0.393 e. The van der Waals surface area contributed by atoms with E-state index in [2.05, 4.69) is 17.6 Å². The molecule has 1 saturated heterocycles. The van der Waals surface area contributed by atoms with Gasteiger partial charge in [0.25, 0.3) is 0 Å². The van der Waals surface area contributed by atoms with Gasteiger partial charge in [-0.3, -0.25) is 0 Å². The van der Waals surface area contributed by atoms with E-state index in [1.807, 2.05) is 6.92 Å². The Hall–Kier alpha value is -0.120. The van der Waals surface area contributed by atoms with Crippen LogP contribution in [0.3, 0.4) is 0 Å². The first kappa shape index (κ1) is 9.96. The quantitative estimate of drug-likeness (QED) is 0.559. The van der Waals surface area contributed by atoms with Crippen LogP contribution in [0.25, 0.3) is 0 Å². The molecule has 3 nitrogen and oxygen atoms in total. The lowest BCUT2D eigenvalue weighted by Gasteiger charge is -2.32. The highest BCUT2D eigenvalue weighted by Gasteiger charge is 2.23. The first-order valence-corrected chi connectivity index (χ1v) is 4.88. The number of hydrogen-bond donors (Lipinski definition) is 3. The molecule has 0 saturated carbocycles. The molecule has 12 heavy (non-hydrogen) atoms. The fraction of sp³-hybridized carbons (Fsp3) is 1.00. The molecule has 1 fully saturated rings. The maximum Gasteiger partial charge on any atom is 0.0578 e. The normalized spacial score (nSPS) is 29.8. The average molecular weight is 172 g/mol. The molecule has 1 aliphatic heterocycles. The lowest BCUT2D eigenvalue weighted by atomic mass is 9.93. The van der Waals surface area contributed by atoms with Crippen LogP contribution >= 0.6 is 0 Å². The van der Waals surface area contributed by atoms with E-state index in [9.17, 15) is 5.11 Å². The van der Waals surface area contributed by atoms with Gasteiger partial charge in [-0.05, 0) is 12.3 Å². The summed E-state index contributed by atoms with van der Waals surface area (Å²) in [6, 6.07) is 0.439. The lowest BCUT2D eigenvalue weighted by Crippen LogP contribution is -2.53. The largest absolute Gasteiger partial charge is 0.393 e. The zero-order valence-corrected chi connectivity index (χ0v) is 8.01. The highest BCUT2D eigenvalue weighted by molar-refractivity contribution is 4.83. The van der Waals surface area contributed by atoms with Crippen molar-refractivity contribution in [1.29, 1.82) is 0 Å². The summed E-state index contributed by atoms with van der Waals surface area (Å²) in [5, 5.41) is 16.3. The van der Waals surface area contributed by atoms with E-state index in [4.69, 9.17) is 0 Å². The van der Waals surface area contributed by atoms with Gasteiger partial charge < -0.3 is 15.7 Å².